The Hall–Kier alpha value is -0.940. The Balaban J connectivity index is 1.83. The van der Waals surface area contributed by atoms with Crippen LogP contribution in [0.5, 0.6) is 0 Å². The number of carbonyl (C=O) groups excluding carboxylic acids is 1. The van der Waals surface area contributed by atoms with Crippen LogP contribution in [0.25, 0.3) is 0 Å². The molecule has 0 aliphatic carbocycles. The highest BCUT2D eigenvalue weighted by Gasteiger charge is 2.10. The smallest absolute Gasteiger partial charge is 0.252 e. The van der Waals surface area contributed by atoms with Gasteiger partial charge >= 0.3 is 0 Å². The molecule has 1 aromatic rings. The molecule has 1 aliphatic rings. The molecule has 0 bridgehead atoms. The second-order valence-corrected chi connectivity index (χ2v) is 5.91. The third kappa shape index (κ3) is 3.51. The Labute approximate surface area is 109 Å². The lowest BCUT2D eigenvalue weighted by atomic mass is 10.1. The van der Waals surface area contributed by atoms with Crippen molar-refractivity contribution < 1.29 is 4.79 Å². The van der Waals surface area contributed by atoms with Crippen molar-refractivity contribution in [2.75, 3.05) is 18.2 Å². The number of thioether (sulfide) groups is 2. The van der Waals surface area contributed by atoms with Gasteiger partial charge < -0.3 is 5.32 Å². The van der Waals surface area contributed by atoms with Crippen LogP contribution in [-0.2, 0) is 0 Å². The maximum absolute atomic E-state index is 11.9. The van der Waals surface area contributed by atoms with E-state index in [0.717, 1.165) is 27.8 Å². The normalized spacial score (nSPS) is 14.5. The molecule has 2 rings (SSSR count). The van der Waals surface area contributed by atoms with Gasteiger partial charge in [-0.15, -0.1) is 0 Å². The van der Waals surface area contributed by atoms with E-state index in [1.165, 1.54) is 0 Å². The van der Waals surface area contributed by atoms with Crippen LogP contribution in [-0.4, -0.2) is 28.5 Å². The summed E-state index contributed by atoms with van der Waals surface area (Å²) in [5.41, 5.74) is 1.75. The molecule has 1 N–H and O–H groups in total. The molecular weight excluding hydrogens is 252 g/mol. The molecule has 5 heteroatoms. The van der Waals surface area contributed by atoms with Crippen molar-refractivity contribution in [2.45, 2.75) is 6.92 Å². The number of carbonyl (C=O) groups is 1. The summed E-state index contributed by atoms with van der Waals surface area (Å²) in [7, 11) is 0. The number of hydrogen-bond acceptors (Lipinski definition) is 4. The van der Waals surface area contributed by atoms with Gasteiger partial charge in [-0.1, -0.05) is 41.7 Å². The summed E-state index contributed by atoms with van der Waals surface area (Å²) >= 11 is 3.35. The number of nitrogens with one attached hydrogen (secondary N) is 1. The quantitative estimate of drug-likeness (QED) is 0.855. The molecule has 3 nitrogen and oxygen atoms in total. The van der Waals surface area contributed by atoms with Gasteiger partial charge in [0.25, 0.3) is 5.91 Å². The zero-order valence-corrected chi connectivity index (χ0v) is 11.2. The Morgan fingerprint density at radius 3 is 3.06 bits per heavy atom. The predicted molar refractivity (Wildman–Crippen MR) is 75.9 cm³/mol. The van der Waals surface area contributed by atoms with Crippen LogP contribution in [0.3, 0.4) is 0 Å². The minimum absolute atomic E-state index is 0.0146. The number of hydrogen-bond donors (Lipinski definition) is 1. The molecule has 1 aliphatic heterocycles. The summed E-state index contributed by atoms with van der Waals surface area (Å²) in [5.74, 6) is 1.63. The van der Waals surface area contributed by atoms with Gasteiger partial charge in [0.1, 0.15) is 4.38 Å². The first-order valence-electron chi connectivity index (χ1n) is 5.41. The van der Waals surface area contributed by atoms with Gasteiger partial charge in [0.15, 0.2) is 0 Å². The molecule has 0 radical (unpaired) electrons. The molecular formula is C12H14N2OS2. The maximum Gasteiger partial charge on any atom is 0.252 e. The van der Waals surface area contributed by atoms with E-state index in [4.69, 9.17) is 0 Å². The van der Waals surface area contributed by atoms with Gasteiger partial charge in [-0.3, -0.25) is 9.79 Å². The summed E-state index contributed by atoms with van der Waals surface area (Å²) in [6.07, 6.45) is 0. The van der Waals surface area contributed by atoms with Crippen LogP contribution in [0.15, 0.2) is 29.3 Å². The molecule has 1 amide bonds. The van der Waals surface area contributed by atoms with Crippen LogP contribution in [0.4, 0.5) is 0 Å². The van der Waals surface area contributed by atoms with Crippen molar-refractivity contribution in [3.05, 3.63) is 35.4 Å². The first-order chi connectivity index (χ1) is 8.27. The maximum atomic E-state index is 11.9. The first-order valence-corrected chi connectivity index (χ1v) is 7.38. The average Bonchev–Trinajstić information content (AvgIpc) is 2.82. The predicted octanol–water partition coefficient (Wildman–Crippen LogP) is 2.52. The largest absolute Gasteiger partial charge is 0.343 e. The number of benzene rings is 1. The molecule has 0 aromatic heterocycles. The third-order valence-electron chi connectivity index (χ3n) is 2.38. The Morgan fingerprint density at radius 2 is 2.35 bits per heavy atom. The zero-order valence-electron chi connectivity index (χ0n) is 9.60. The van der Waals surface area contributed by atoms with Crippen LogP contribution in [0.2, 0.25) is 0 Å². The molecule has 0 spiro atoms. The van der Waals surface area contributed by atoms with Gasteiger partial charge in [0.2, 0.25) is 0 Å². The highest BCUT2D eigenvalue weighted by molar-refractivity contribution is 8.39. The van der Waals surface area contributed by atoms with Gasteiger partial charge in [-0.2, -0.15) is 0 Å². The summed E-state index contributed by atoms with van der Waals surface area (Å²) in [4.78, 5) is 16.2. The van der Waals surface area contributed by atoms with Crippen molar-refractivity contribution in [2.24, 2.45) is 4.99 Å². The van der Waals surface area contributed by atoms with Crippen molar-refractivity contribution in [1.29, 1.82) is 0 Å². The molecule has 1 aromatic carbocycles. The molecule has 0 unspecified atom stereocenters. The van der Waals surface area contributed by atoms with Gasteiger partial charge in [-0.05, 0) is 18.6 Å². The second-order valence-electron chi connectivity index (χ2n) is 3.61. The lowest BCUT2D eigenvalue weighted by Gasteiger charge is -2.06. The van der Waals surface area contributed by atoms with E-state index >= 15 is 0 Å². The number of aliphatic imine (C=N–C) groups is 1. The molecule has 1 heterocycles. The summed E-state index contributed by atoms with van der Waals surface area (Å²) in [6, 6.07) is 7.60. The summed E-state index contributed by atoms with van der Waals surface area (Å²) in [6.45, 7) is 2.84. The fourth-order valence-corrected chi connectivity index (χ4v) is 3.30. The highest BCUT2D eigenvalue weighted by Crippen LogP contribution is 2.21. The van der Waals surface area contributed by atoms with Gasteiger partial charge in [0.05, 0.1) is 12.4 Å². The molecule has 17 heavy (non-hydrogen) atoms. The molecule has 0 fully saturated rings. The van der Waals surface area contributed by atoms with Gasteiger partial charge in [0, 0.05) is 11.3 Å². The molecule has 0 atom stereocenters. The lowest BCUT2D eigenvalue weighted by molar-refractivity contribution is 0.0960. The van der Waals surface area contributed by atoms with Crippen molar-refractivity contribution in [3.63, 3.8) is 0 Å². The van der Waals surface area contributed by atoms with Crippen LogP contribution < -0.4 is 5.32 Å². The molecule has 90 valence electrons. The Bertz CT molecular complexity index is 446. The summed E-state index contributed by atoms with van der Waals surface area (Å²) in [5, 5.41) is 2.90. The minimum Gasteiger partial charge on any atom is -0.343 e. The molecule has 0 saturated heterocycles. The van der Waals surface area contributed by atoms with Gasteiger partial charge in [-0.25, -0.2) is 0 Å². The number of nitrogens with zero attached hydrogens (tertiary/aromatic N) is 1. The number of aryl methyl sites for hydroxylation is 1. The lowest BCUT2D eigenvalue weighted by Crippen LogP contribution is -2.23. The van der Waals surface area contributed by atoms with Crippen molar-refractivity contribution in [1.82, 2.24) is 5.32 Å². The monoisotopic (exact) mass is 266 g/mol. The van der Waals surface area contributed by atoms with Crippen LogP contribution in [0, 0.1) is 6.92 Å². The Kier molecular flexibility index (Phi) is 4.50. The summed E-state index contributed by atoms with van der Waals surface area (Å²) < 4.78 is 1.08. The number of rotatable bonds is 3. The van der Waals surface area contributed by atoms with Crippen molar-refractivity contribution in [3.8, 4) is 0 Å². The standard InChI is InChI=1S/C12H14N2OS2/c1-9-4-2-3-5-10(9)11(15)14-8-17-12-13-6-7-16-12/h2-5H,6-8H2,1H3,(H,14,15). The molecule has 0 saturated carbocycles. The van der Waals surface area contributed by atoms with Crippen LogP contribution in [0.1, 0.15) is 15.9 Å². The highest BCUT2D eigenvalue weighted by atomic mass is 32.2. The SMILES string of the molecule is Cc1ccccc1C(=O)NCSC1=NCCS1. The van der Waals surface area contributed by atoms with E-state index < -0.39 is 0 Å². The Morgan fingerprint density at radius 1 is 1.53 bits per heavy atom. The van der Waals surface area contributed by atoms with E-state index in [0.29, 0.717) is 5.88 Å². The van der Waals surface area contributed by atoms with Crippen molar-refractivity contribution >= 4 is 33.8 Å². The first kappa shape index (κ1) is 12.5. The zero-order chi connectivity index (χ0) is 12.1. The fraction of sp³-hybridized carbons (Fsp3) is 0.333. The number of amides is 1. The topological polar surface area (TPSA) is 41.5 Å². The van der Waals surface area contributed by atoms with E-state index in [2.05, 4.69) is 10.3 Å². The van der Waals surface area contributed by atoms with E-state index in [-0.39, 0.29) is 5.91 Å². The van der Waals surface area contributed by atoms with E-state index in [1.807, 2.05) is 31.2 Å². The average molecular weight is 266 g/mol. The second kappa shape index (κ2) is 6.12. The third-order valence-corrected chi connectivity index (χ3v) is 4.51. The minimum atomic E-state index is -0.0146. The fourth-order valence-electron chi connectivity index (χ4n) is 1.49. The van der Waals surface area contributed by atoms with E-state index in [9.17, 15) is 4.79 Å². The van der Waals surface area contributed by atoms with E-state index in [1.54, 1.807) is 23.5 Å². The van der Waals surface area contributed by atoms with Crippen LogP contribution >= 0.6 is 23.5 Å².